The van der Waals surface area contributed by atoms with Gasteiger partial charge in [-0.15, -0.1) is 11.3 Å². The maximum Gasteiger partial charge on any atom is 0.233 e. The van der Waals surface area contributed by atoms with Crippen molar-refractivity contribution >= 4 is 48.9 Å². The Balaban J connectivity index is 1.67. The van der Waals surface area contributed by atoms with Gasteiger partial charge < -0.3 is 10.4 Å². The van der Waals surface area contributed by atoms with Gasteiger partial charge in [-0.2, -0.15) is 0 Å². The van der Waals surface area contributed by atoms with E-state index in [4.69, 9.17) is 11.6 Å². The smallest absolute Gasteiger partial charge is 0.233 e. The molecule has 3 N–H and O–H groups in total. The van der Waals surface area contributed by atoms with Crippen LogP contribution in [0.2, 0.25) is 5.02 Å². The molecule has 0 saturated carbocycles. The number of hydrogen-bond donors (Lipinski definition) is 3. The van der Waals surface area contributed by atoms with Crippen molar-refractivity contribution < 1.29 is 13.5 Å². The van der Waals surface area contributed by atoms with Crippen molar-refractivity contribution in [3.8, 4) is 17.6 Å². The molecule has 0 radical (unpaired) electrons. The quantitative estimate of drug-likeness (QED) is 0.497. The highest BCUT2D eigenvalue weighted by molar-refractivity contribution is 7.92. The number of aryl methyl sites for hydroxylation is 1. The van der Waals surface area contributed by atoms with E-state index >= 15 is 0 Å². The Morgan fingerprint density at radius 1 is 1.34 bits per heavy atom. The predicted molar refractivity (Wildman–Crippen MR) is 119 cm³/mol. The molecule has 0 unspecified atom stereocenters. The summed E-state index contributed by atoms with van der Waals surface area (Å²) in [7, 11) is -3.53. The summed E-state index contributed by atoms with van der Waals surface area (Å²) < 4.78 is 26.3. The first-order valence-electron chi connectivity index (χ1n) is 8.51. The summed E-state index contributed by atoms with van der Waals surface area (Å²) in [5, 5.41) is 15.4. The highest BCUT2D eigenvalue weighted by atomic mass is 35.5. The van der Waals surface area contributed by atoms with Gasteiger partial charge in [0.05, 0.1) is 16.3 Å². The van der Waals surface area contributed by atoms with Crippen LogP contribution >= 0.6 is 22.9 Å². The van der Waals surface area contributed by atoms with Crippen LogP contribution in [0.4, 0.5) is 5.69 Å². The number of phenols is 1. The van der Waals surface area contributed by atoms with E-state index in [1.807, 2.05) is 13.0 Å². The number of thiazole rings is 1. The number of aromatic nitrogens is 1. The maximum atomic E-state index is 11.5. The molecular formula is C20H18ClN3O3S2. The maximum absolute atomic E-state index is 11.5. The predicted octanol–water partition coefficient (Wildman–Crippen LogP) is 3.99. The van der Waals surface area contributed by atoms with Crippen LogP contribution < -0.4 is 10.0 Å². The van der Waals surface area contributed by atoms with Crippen molar-refractivity contribution in [2.24, 2.45) is 0 Å². The van der Waals surface area contributed by atoms with Crippen LogP contribution in [-0.4, -0.2) is 25.1 Å². The molecule has 2 aromatic carbocycles. The lowest BCUT2D eigenvalue weighted by Crippen LogP contribution is -2.20. The Labute approximate surface area is 178 Å². The molecule has 150 valence electrons. The van der Waals surface area contributed by atoms with Gasteiger partial charge >= 0.3 is 0 Å². The van der Waals surface area contributed by atoms with Crippen LogP contribution in [0.1, 0.15) is 16.1 Å². The van der Waals surface area contributed by atoms with Crippen LogP contribution in [0.25, 0.3) is 10.2 Å². The number of anilines is 1. The third-order valence-electron chi connectivity index (χ3n) is 3.92. The van der Waals surface area contributed by atoms with E-state index in [1.165, 1.54) is 11.3 Å². The van der Waals surface area contributed by atoms with Crippen molar-refractivity contribution in [3.63, 3.8) is 0 Å². The lowest BCUT2D eigenvalue weighted by molar-refractivity contribution is 0.480. The molecule has 0 amide bonds. The Kier molecular flexibility index (Phi) is 6.45. The molecule has 1 heterocycles. The van der Waals surface area contributed by atoms with Gasteiger partial charge in [0.1, 0.15) is 11.3 Å². The Morgan fingerprint density at radius 3 is 2.90 bits per heavy atom. The van der Waals surface area contributed by atoms with Gasteiger partial charge in [-0.1, -0.05) is 30.0 Å². The van der Waals surface area contributed by atoms with Crippen molar-refractivity contribution in [2.45, 2.75) is 13.5 Å². The van der Waals surface area contributed by atoms with E-state index in [0.29, 0.717) is 28.2 Å². The van der Waals surface area contributed by atoms with E-state index in [-0.39, 0.29) is 12.3 Å². The van der Waals surface area contributed by atoms with Gasteiger partial charge in [0.2, 0.25) is 10.0 Å². The minimum Gasteiger partial charge on any atom is -0.506 e. The van der Waals surface area contributed by atoms with Gasteiger partial charge in [0.15, 0.2) is 0 Å². The first-order valence-corrected chi connectivity index (χ1v) is 11.2. The zero-order valence-corrected chi connectivity index (χ0v) is 17.9. The monoisotopic (exact) mass is 447 g/mol. The van der Waals surface area contributed by atoms with Crippen LogP contribution in [0.3, 0.4) is 0 Å². The topological polar surface area (TPSA) is 91.3 Å². The number of rotatable bonds is 6. The molecule has 0 spiro atoms. The number of fused-ring (bicyclic) bond motifs is 1. The van der Waals surface area contributed by atoms with Gasteiger partial charge in [0, 0.05) is 28.2 Å². The number of aromatic hydroxyl groups is 1. The van der Waals surface area contributed by atoms with Crippen molar-refractivity contribution in [1.82, 2.24) is 9.71 Å². The van der Waals surface area contributed by atoms with Gasteiger partial charge in [-0.3, -0.25) is 0 Å². The zero-order valence-electron chi connectivity index (χ0n) is 15.5. The van der Waals surface area contributed by atoms with Crippen molar-refractivity contribution in [2.75, 3.05) is 11.9 Å². The molecule has 3 aromatic rings. The number of nitrogens with zero attached hydrogens (tertiary/aromatic N) is 1. The summed E-state index contributed by atoms with van der Waals surface area (Å²) in [5.41, 5.74) is 2.69. The standard InChI is InChI=1S/C20H18ClN3O3S2/c1-3-29(26,27)23-12-15-11-16(6-7-17(15)21)22-8-4-5-14-9-18(25)20-19(10-14)28-13(2)24-20/h3,6-7,9-11,22-23,25H,1,8,12H2,2H3. The lowest BCUT2D eigenvalue weighted by Gasteiger charge is -2.09. The third kappa shape index (κ3) is 5.49. The van der Waals surface area contributed by atoms with Crippen molar-refractivity contribution in [3.05, 3.63) is 63.5 Å². The lowest BCUT2D eigenvalue weighted by atomic mass is 10.2. The first kappa shape index (κ1) is 21.1. The summed E-state index contributed by atoms with van der Waals surface area (Å²) in [6.07, 6.45) is 0. The number of halogens is 1. The second-order valence-corrected chi connectivity index (χ2v) is 9.42. The van der Waals surface area contributed by atoms with E-state index in [1.54, 1.807) is 24.3 Å². The molecule has 9 heteroatoms. The normalized spacial score (nSPS) is 11.1. The largest absolute Gasteiger partial charge is 0.506 e. The number of benzene rings is 2. The molecule has 6 nitrogen and oxygen atoms in total. The van der Waals surface area contributed by atoms with E-state index in [2.05, 4.69) is 33.4 Å². The third-order valence-corrected chi connectivity index (χ3v) is 6.20. The summed E-state index contributed by atoms with van der Waals surface area (Å²) >= 11 is 7.64. The molecule has 0 fully saturated rings. The molecule has 3 rings (SSSR count). The number of sulfonamides is 1. The summed E-state index contributed by atoms with van der Waals surface area (Å²) in [5.74, 6) is 6.13. The Bertz CT molecular complexity index is 1240. The van der Waals surface area contributed by atoms with Gasteiger partial charge in [0.25, 0.3) is 0 Å². The molecule has 0 saturated heterocycles. The highest BCUT2D eigenvalue weighted by Gasteiger charge is 2.08. The van der Waals surface area contributed by atoms with Gasteiger partial charge in [-0.25, -0.2) is 18.1 Å². The average Bonchev–Trinajstić information content (AvgIpc) is 3.06. The van der Waals surface area contributed by atoms with E-state index in [0.717, 1.165) is 20.8 Å². The fourth-order valence-electron chi connectivity index (χ4n) is 2.54. The number of nitrogens with one attached hydrogen (secondary N) is 2. The molecule has 0 atom stereocenters. The number of hydrogen-bond acceptors (Lipinski definition) is 6. The van der Waals surface area contributed by atoms with E-state index < -0.39 is 10.0 Å². The summed E-state index contributed by atoms with van der Waals surface area (Å²) in [4.78, 5) is 4.29. The minimum absolute atomic E-state index is 0.0575. The Morgan fingerprint density at radius 2 is 2.14 bits per heavy atom. The summed E-state index contributed by atoms with van der Waals surface area (Å²) in [6, 6.07) is 8.73. The zero-order chi connectivity index (χ0) is 21.0. The second kappa shape index (κ2) is 8.84. The molecule has 29 heavy (non-hydrogen) atoms. The fourth-order valence-corrected chi connectivity index (χ4v) is 4.09. The van der Waals surface area contributed by atoms with Crippen LogP contribution in [-0.2, 0) is 16.6 Å². The average molecular weight is 448 g/mol. The first-order chi connectivity index (χ1) is 13.8. The van der Waals surface area contributed by atoms with Crippen LogP contribution in [0.5, 0.6) is 5.75 Å². The molecule has 0 bridgehead atoms. The molecule has 0 aliphatic rings. The fraction of sp³-hybridized carbons (Fsp3) is 0.150. The molecule has 0 aliphatic heterocycles. The Hall–Kier alpha value is -2.57. The summed E-state index contributed by atoms with van der Waals surface area (Å²) in [6.45, 7) is 5.56. The van der Waals surface area contributed by atoms with Crippen molar-refractivity contribution in [1.29, 1.82) is 0 Å². The molecule has 0 aliphatic carbocycles. The van der Waals surface area contributed by atoms with E-state index in [9.17, 15) is 13.5 Å². The molecule has 1 aromatic heterocycles. The van der Waals surface area contributed by atoms with Gasteiger partial charge in [-0.05, 0) is 42.8 Å². The van der Waals surface area contributed by atoms with Crippen LogP contribution in [0, 0.1) is 18.8 Å². The number of phenolic OH excluding ortho intramolecular Hbond substituents is 1. The highest BCUT2D eigenvalue weighted by Crippen LogP contribution is 2.30. The minimum atomic E-state index is -3.53. The SMILES string of the molecule is C=CS(=O)(=O)NCc1cc(NCC#Cc2cc(O)c3nc(C)sc3c2)ccc1Cl. The van der Waals surface area contributed by atoms with Crippen LogP contribution in [0.15, 0.2) is 42.3 Å². The second-order valence-electron chi connectivity index (χ2n) is 6.07. The molecular weight excluding hydrogens is 430 g/mol.